The monoisotopic (exact) mass is 261 g/mol. The number of hydrogen-bond acceptors (Lipinski definition) is 3. The molecule has 0 spiro atoms. The Bertz CT molecular complexity index is 623. The summed E-state index contributed by atoms with van der Waals surface area (Å²) in [6, 6.07) is 5.00. The van der Waals surface area contributed by atoms with Gasteiger partial charge in [-0.3, -0.25) is 4.57 Å². The summed E-state index contributed by atoms with van der Waals surface area (Å²) >= 11 is 0. The molecule has 0 unspecified atom stereocenters. The first-order valence-electron chi connectivity index (χ1n) is 6.88. The summed E-state index contributed by atoms with van der Waals surface area (Å²) < 4.78 is 1.75. The van der Waals surface area contributed by atoms with Gasteiger partial charge < -0.3 is 15.0 Å². The summed E-state index contributed by atoms with van der Waals surface area (Å²) in [5.74, 6) is 0.178. The first-order valence-corrected chi connectivity index (χ1v) is 6.88. The van der Waals surface area contributed by atoms with Crippen molar-refractivity contribution in [1.82, 2.24) is 14.5 Å². The summed E-state index contributed by atoms with van der Waals surface area (Å²) in [5, 5.41) is 9.42. The van der Waals surface area contributed by atoms with E-state index in [1.807, 2.05) is 0 Å². The van der Waals surface area contributed by atoms with Crippen molar-refractivity contribution in [3.05, 3.63) is 28.7 Å². The standard InChI is InChI=1S/C14H19N3O2/c18-11-4-5-13-12(10-11)15-14(19)17(13)9-8-16-6-2-1-3-7-16/h4-5,10,18H,1-3,6-9H2,(H,15,19). The van der Waals surface area contributed by atoms with E-state index in [-0.39, 0.29) is 11.4 Å². The van der Waals surface area contributed by atoms with Gasteiger partial charge in [0, 0.05) is 19.2 Å². The van der Waals surface area contributed by atoms with Gasteiger partial charge >= 0.3 is 5.69 Å². The quantitative estimate of drug-likeness (QED) is 0.880. The molecule has 102 valence electrons. The molecule has 0 radical (unpaired) electrons. The Morgan fingerprint density at radius 1 is 1.16 bits per heavy atom. The SMILES string of the molecule is O=c1[nH]c2cc(O)ccc2n1CCN1CCCCC1. The van der Waals surface area contributed by atoms with Crippen LogP contribution in [-0.4, -0.2) is 39.2 Å². The molecule has 5 heteroatoms. The van der Waals surface area contributed by atoms with Crippen LogP contribution in [0.15, 0.2) is 23.0 Å². The van der Waals surface area contributed by atoms with E-state index in [9.17, 15) is 9.90 Å². The van der Waals surface area contributed by atoms with Crippen molar-refractivity contribution in [1.29, 1.82) is 0 Å². The molecule has 3 rings (SSSR count). The molecule has 0 atom stereocenters. The van der Waals surface area contributed by atoms with E-state index in [4.69, 9.17) is 0 Å². The lowest BCUT2D eigenvalue weighted by Gasteiger charge is -2.26. The lowest BCUT2D eigenvalue weighted by Crippen LogP contribution is -2.34. The molecule has 2 heterocycles. The van der Waals surface area contributed by atoms with Gasteiger partial charge in [-0.15, -0.1) is 0 Å². The molecule has 5 nitrogen and oxygen atoms in total. The third-order valence-electron chi connectivity index (χ3n) is 3.85. The number of hydrogen-bond donors (Lipinski definition) is 2. The number of aromatic hydroxyl groups is 1. The molecule has 1 fully saturated rings. The van der Waals surface area contributed by atoms with Crippen molar-refractivity contribution in [2.75, 3.05) is 19.6 Å². The maximum Gasteiger partial charge on any atom is 0.326 e. The Balaban J connectivity index is 1.80. The Morgan fingerprint density at radius 2 is 1.95 bits per heavy atom. The zero-order valence-electron chi connectivity index (χ0n) is 10.9. The number of piperidine rings is 1. The molecule has 0 aliphatic carbocycles. The Kier molecular flexibility index (Phi) is 3.29. The molecule has 0 amide bonds. The van der Waals surface area contributed by atoms with Crippen molar-refractivity contribution >= 4 is 11.0 Å². The molecule has 1 aromatic carbocycles. The van der Waals surface area contributed by atoms with Gasteiger partial charge in [0.25, 0.3) is 0 Å². The van der Waals surface area contributed by atoms with Crippen LogP contribution in [-0.2, 0) is 6.54 Å². The first-order chi connectivity index (χ1) is 9.24. The summed E-state index contributed by atoms with van der Waals surface area (Å²) in [5.41, 5.74) is 1.46. The van der Waals surface area contributed by atoms with Crippen LogP contribution in [0.4, 0.5) is 0 Å². The summed E-state index contributed by atoms with van der Waals surface area (Å²) in [4.78, 5) is 17.1. The molecule has 1 aliphatic heterocycles. The number of nitrogens with one attached hydrogen (secondary N) is 1. The van der Waals surface area contributed by atoms with Crippen LogP contribution in [0.25, 0.3) is 11.0 Å². The summed E-state index contributed by atoms with van der Waals surface area (Å²) in [7, 11) is 0. The van der Waals surface area contributed by atoms with Crippen LogP contribution in [0.5, 0.6) is 5.75 Å². The van der Waals surface area contributed by atoms with Gasteiger partial charge in [0.2, 0.25) is 0 Å². The van der Waals surface area contributed by atoms with Gasteiger partial charge in [0.15, 0.2) is 0 Å². The highest BCUT2D eigenvalue weighted by Crippen LogP contribution is 2.17. The number of imidazole rings is 1. The molecule has 2 aromatic rings. The van der Waals surface area contributed by atoms with E-state index in [2.05, 4.69) is 9.88 Å². The number of H-pyrrole nitrogens is 1. The van der Waals surface area contributed by atoms with E-state index in [1.54, 1.807) is 22.8 Å². The third kappa shape index (κ3) is 2.51. The van der Waals surface area contributed by atoms with Crippen LogP contribution in [0.2, 0.25) is 0 Å². The predicted molar refractivity (Wildman–Crippen MR) is 74.5 cm³/mol. The highest BCUT2D eigenvalue weighted by molar-refractivity contribution is 5.76. The number of aromatic nitrogens is 2. The molecule has 0 saturated carbocycles. The average Bonchev–Trinajstić information content (AvgIpc) is 2.72. The second-order valence-corrected chi connectivity index (χ2v) is 5.19. The largest absolute Gasteiger partial charge is 0.508 e. The molecule has 1 saturated heterocycles. The average molecular weight is 261 g/mol. The predicted octanol–water partition coefficient (Wildman–Crippen LogP) is 1.52. The highest BCUT2D eigenvalue weighted by Gasteiger charge is 2.12. The second kappa shape index (κ2) is 5.09. The lowest BCUT2D eigenvalue weighted by atomic mass is 10.1. The van der Waals surface area contributed by atoms with Crippen molar-refractivity contribution in [3.63, 3.8) is 0 Å². The van der Waals surface area contributed by atoms with Crippen molar-refractivity contribution in [3.8, 4) is 5.75 Å². The zero-order chi connectivity index (χ0) is 13.2. The number of likely N-dealkylation sites (tertiary alicyclic amines) is 1. The molecule has 0 bridgehead atoms. The Hall–Kier alpha value is -1.75. The smallest absolute Gasteiger partial charge is 0.326 e. The maximum atomic E-state index is 11.9. The van der Waals surface area contributed by atoms with E-state index in [0.717, 1.165) is 25.2 Å². The van der Waals surface area contributed by atoms with Crippen LogP contribution < -0.4 is 5.69 Å². The van der Waals surface area contributed by atoms with Crippen molar-refractivity contribution in [2.45, 2.75) is 25.8 Å². The third-order valence-corrected chi connectivity index (χ3v) is 3.85. The van der Waals surface area contributed by atoms with Crippen LogP contribution >= 0.6 is 0 Å². The van der Waals surface area contributed by atoms with Gasteiger partial charge in [-0.1, -0.05) is 6.42 Å². The van der Waals surface area contributed by atoms with E-state index in [0.29, 0.717) is 12.1 Å². The minimum absolute atomic E-state index is 0.0994. The molecular weight excluding hydrogens is 242 g/mol. The normalized spacial score (nSPS) is 17.1. The van der Waals surface area contributed by atoms with E-state index in [1.165, 1.54) is 19.3 Å². The minimum Gasteiger partial charge on any atom is -0.508 e. The van der Waals surface area contributed by atoms with Crippen LogP contribution in [0.3, 0.4) is 0 Å². The number of fused-ring (bicyclic) bond motifs is 1. The van der Waals surface area contributed by atoms with E-state index < -0.39 is 0 Å². The number of phenolic OH excluding ortho intramolecular Hbond substituents is 1. The maximum absolute atomic E-state index is 11.9. The molecular formula is C14H19N3O2. The summed E-state index contributed by atoms with van der Waals surface area (Å²) in [6.07, 6.45) is 3.84. The van der Waals surface area contributed by atoms with E-state index >= 15 is 0 Å². The number of rotatable bonds is 3. The number of aromatic amines is 1. The van der Waals surface area contributed by atoms with Crippen molar-refractivity contribution < 1.29 is 5.11 Å². The lowest BCUT2D eigenvalue weighted by molar-refractivity contribution is 0.221. The van der Waals surface area contributed by atoms with Gasteiger partial charge in [0.1, 0.15) is 5.75 Å². The highest BCUT2D eigenvalue weighted by atomic mass is 16.3. The number of nitrogens with zero attached hydrogens (tertiary/aromatic N) is 2. The second-order valence-electron chi connectivity index (χ2n) is 5.19. The summed E-state index contributed by atoms with van der Waals surface area (Å²) in [6.45, 7) is 3.88. The first kappa shape index (κ1) is 12.3. The topological polar surface area (TPSA) is 61.3 Å². The van der Waals surface area contributed by atoms with Gasteiger partial charge in [-0.05, 0) is 38.1 Å². The number of benzene rings is 1. The number of phenols is 1. The van der Waals surface area contributed by atoms with Gasteiger partial charge in [-0.2, -0.15) is 0 Å². The fourth-order valence-electron chi connectivity index (χ4n) is 2.80. The zero-order valence-corrected chi connectivity index (χ0v) is 10.9. The molecule has 19 heavy (non-hydrogen) atoms. The van der Waals surface area contributed by atoms with Gasteiger partial charge in [0.05, 0.1) is 11.0 Å². The Labute approximate surface area is 111 Å². The minimum atomic E-state index is -0.0994. The molecule has 1 aliphatic rings. The van der Waals surface area contributed by atoms with Crippen molar-refractivity contribution in [2.24, 2.45) is 0 Å². The van der Waals surface area contributed by atoms with Crippen LogP contribution in [0, 0.1) is 0 Å². The molecule has 1 aromatic heterocycles. The van der Waals surface area contributed by atoms with Crippen LogP contribution in [0.1, 0.15) is 19.3 Å². The molecule has 2 N–H and O–H groups in total. The fraction of sp³-hybridized carbons (Fsp3) is 0.500. The fourth-order valence-corrected chi connectivity index (χ4v) is 2.80. The Morgan fingerprint density at radius 3 is 2.74 bits per heavy atom. The van der Waals surface area contributed by atoms with Gasteiger partial charge in [-0.25, -0.2) is 4.79 Å².